The zero-order chi connectivity index (χ0) is 22.7. The molecule has 32 heavy (non-hydrogen) atoms. The molecule has 1 aromatic heterocycles. The molecule has 1 aliphatic rings. The van der Waals surface area contributed by atoms with E-state index in [0.717, 1.165) is 41.5 Å². The van der Waals surface area contributed by atoms with Crippen molar-refractivity contribution < 1.29 is 14.3 Å². The van der Waals surface area contributed by atoms with Crippen LogP contribution in [0.2, 0.25) is 0 Å². The molecule has 3 aromatic rings. The first kappa shape index (κ1) is 22.1. The number of rotatable bonds is 7. The van der Waals surface area contributed by atoms with Crippen LogP contribution in [0.1, 0.15) is 50.8 Å². The van der Waals surface area contributed by atoms with E-state index in [4.69, 9.17) is 4.74 Å². The van der Waals surface area contributed by atoms with Crippen LogP contribution in [0.15, 0.2) is 48.5 Å². The highest BCUT2D eigenvalue weighted by Crippen LogP contribution is 2.39. The average Bonchev–Trinajstić information content (AvgIpc) is 3.32. The summed E-state index contributed by atoms with van der Waals surface area (Å²) in [7, 11) is 0. The molecule has 0 saturated heterocycles. The molecular weight excluding hydrogens is 420 g/mol. The summed E-state index contributed by atoms with van der Waals surface area (Å²) in [5, 5.41) is 6.59. The standard InChI is InChI=1S/C26H28N2O3S/c1-16-12-17(2)14-20(13-16)31-18(3)24(29)28-26-23(21-10-7-11-22(21)32-26)25(30)27-15-19-8-5-4-6-9-19/h4-6,8-9,12-14,18H,7,10-11,15H2,1-3H3,(H,27,30)(H,28,29). The molecule has 0 aliphatic heterocycles. The minimum atomic E-state index is -0.687. The van der Waals surface area contributed by atoms with E-state index in [-0.39, 0.29) is 11.8 Å². The molecule has 1 aliphatic carbocycles. The van der Waals surface area contributed by atoms with Gasteiger partial charge in [-0.2, -0.15) is 0 Å². The third kappa shape index (κ3) is 5.02. The molecule has 1 atom stereocenters. The van der Waals surface area contributed by atoms with E-state index < -0.39 is 6.10 Å². The number of hydrogen-bond acceptors (Lipinski definition) is 4. The van der Waals surface area contributed by atoms with Gasteiger partial charge in [0.05, 0.1) is 5.56 Å². The van der Waals surface area contributed by atoms with E-state index in [1.807, 2.05) is 56.3 Å². The van der Waals surface area contributed by atoms with Crippen LogP contribution in [0.5, 0.6) is 5.75 Å². The van der Waals surface area contributed by atoms with Gasteiger partial charge in [0.1, 0.15) is 10.8 Å². The number of amides is 2. The minimum Gasteiger partial charge on any atom is -0.481 e. The van der Waals surface area contributed by atoms with Crippen molar-refractivity contribution in [1.82, 2.24) is 5.32 Å². The number of nitrogens with one attached hydrogen (secondary N) is 2. The fraction of sp³-hybridized carbons (Fsp3) is 0.308. The zero-order valence-electron chi connectivity index (χ0n) is 18.7. The smallest absolute Gasteiger partial charge is 0.265 e. The summed E-state index contributed by atoms with van der Waals surface area (Å²) in [6.07, 6.45) is 2.17. The lowest BCUT2D eigenvalue weighted by Crippen LogP contribution is -2.31. The van der Waals surface area contributed by atoms with Crippen molar-refractivity contribution in [1.29, 1.82) is 0 Å². The monoisotopic (exact) mass is 448 g/mol. The summed E-state index contributed by atoms with van der Waals surface area (Å²) in [4.78, 5) is 27.2. The van der Waals surface area contributed by atoms with Crippen LogP contribution in [-0.2, 0) is 24.2 Å². The summed E-state index contributed by atoms with van der Waals surface area (Å²) in [5.74, 6) is 0.257. The largest absolute Gasteiger partial charge is 0.481 e. The molecule has 166 valence electrons. The summed E-state index contributed by atoms with van der Waals surface area (Å²) in [6.45, 7) is 6.17. The molecule has 1 heterocycles. The van der Waals surface area contributed by atoms with Crippen molar-refractivity contribution in [2.45, 2.75) is 52.7 Å². The van der Waals surface area contributed by atoms with Gasteiger partial charge in [-0.05, 0) is 74.4 Å². The Balaban J connectivity index is 1.48. The van der Waals surface area contributed by atoms with Gasteiger partial charge in [0.15, 0.2) is 6.10 Å². The van der Waals surface area contributed by atoms with E-state index in [1.54, 1.807) is 6.92 Å². The molecule has 4 rings (SSSR count). The zero-order valence-corrected chi connectivity index (χ0v) is 19.5. The maximum atomic E-state index is 13.1. The lowest BCUT2D eigenvalue weighted by Gasteiger charge is -2.16. The Morgan fingerprint density at radius 3 is 2.50 bits per heavy atom. The topological polar surface area (TPSA) is 67.4 Å². The lowest BCUT2D eigenvalue weighted by atomic mass is 10.1. The van der Waals surface area contributed by atoms with Gasteiger partial charge in [0.25, 0.3) is 11.8 Å². The predicted octanol–water partition coefficient (Wildman–Crippen LogP) is 5.19. The molecule has 1 unspecified atom stereocenters. The molecule has 0 radical (unpaired) electrons. The number of hydrogen-bond donors (Lipinski definition) is 2. The first-order valence-corrected chi connectivity index (χ1v) is 11.7. The summed E-state index contributed by atoms with van der Waals surface area (Å²) < 4.78 is 5.89. The molecule has 0 bridgehead atoms. The van der Waals surface area contributed by atoms with E-state index >= 15 is 0 Å². The molecule has 2 aromatic carbocycles. The van der Waals surface area contributed by atoms with Gasteiger partial charge in [-0.15, -0.1) is 11.3 Å². The van der Waals surface area contributed by atoms with E-state index in [2.05, 4.69) is 16.7 Å². The van der Waals surface area contributed by atoms with E-state index in [0.29, 0.717) is 22.9 Å². The number of fused-ring (bicyclic) bond motifs is 1. The number of thiophene rings is 1. The number of anilines is 1. The molecule has 2 amide bonds. The maximum Gasteiger partial charge on any atom is 0.265 e. The van der Waals surface area contributed by atoms with Crippen LogP contribution in [-0.4, -0.2) is 17.9 Å². The van der Waals surface area contributed by atoms with Crippen molar-refractivity contribution >= 4 is 28.2 Å². The highest BCUT2D eigenvalue weighted by atomic mass is 32.1. The molecule has 0 spiro atoms. The maximum absolute atomic E-state index is 13.1. The van der Waals surface area contributed by atoms with Gasteiger partial charge in [-0.25, -0.2) is 0 Å². The SMILES string of the molecule is Cc1cc(C)cc(OC(C)C(=O)Nc2sc3c(c2C(=O)NCc2ccccc2)CCC3)c1. The van der Waals surface area contributed by atoms with Crippen LogP contribution >= 0.6 is 11.3 Å². The van der Waals surface area contributed by atoms with Gasteiger partial charge >= 0.3 is 0 Å². The van der Waals surface area contributed by atoms with Gasteiger partial charge in [0.2, 0.25) is 0 Å². The lowest BCUT2D eigenvalue weighted by molar-refractivity contribution is -0.122. The third-order valence-corrected chi connectivity index (χ3v) is 6.77. The molecule has 0 saturated carbocycles. The quantitative estimate of drug-likeness (QED) is 0.523. The van der Waals surface area contributed by atoms with Crippen molar-refractivity contribution in [3.05, 3.63) is 81.2 Å². The molecular formula is C26H28N2O3S. The molecule has 0 fully saturated rings. The minimum absolute atomic E-state index is 0.147. The number of carbonyl (C=O) groups excluding carboxylic acids is 2. The van der Waals surface area contributed by atoms with Crippen LogP contribution in [0, 0.1) is 13.8 Å². The Labute approximate surface area is 192 Å². The van der Waals surface area contributed by atoms with Crippen LogP contribution in [0.25, 0.3) is 0 Å². The first-order valence-electron chi connectivity index (χ1n) is 10.9. The Bertz CT molecular complexity index is 1120. The van der Waals surface area contributed by atoms with Crippen molar-refractivity contribution in [2.75, 3.05) is 5.32 Å². The van der Waals surface area contributed by atoms with Gasteiger partial charge in [0, 0.05) is 11.4 Å². The number of aryl methyl sites for hydroxylation is 3. The van der Waals surface area contributed by atoms with Gasteiger partial charge in [-0.1, -0.05) is 36.4 Å². The normalized spacial score (nSPS) is 13.3. The van der Waals surface area contributed by atoms with Crippen molar-refractivity contribution in [2.24, 2.45) is 0 Å². The Hall–Kier alpha value is -3.12. The van der Waals surface area contributed by atoms with Crippen molar-refractivity contribution in [3.8, 4) is 5.75 Å². The summed E-state index contributed by atoms with van der Waals surface area (Å²) >= 11 is 1.51. The molecule has 2 N–H and O–H groups in total. The van der Waals surface area contributed by atoms with Gasteiger partial charge in [-0.3, -0.25) is 9.59 Å². The fourth-order valence-corrected chi connectivity index (χ4v) is 5.36. The highest BCUT2D eigenvalue weighted by Gasteiger charge is 2.28. The van der Waals surface area contributed by atoms with E-state index in [9.17, 15) is 9.59 Å². The number of carbonyl (C=O) groups is 2. The predicted molar refractivity (Wildman–Crippen MR) is 129 cm³/mol. The molecule has 6 heteroatoms. The van der Waals surface area contributed by atoms with Crippen molar-refractivity contribution in [3.63, 3.8) is 0 Å². The van der Waals surface area contributed by atoms with Crippen LogP contribution in [0.3, 0.4) is 0 Å². The summed E-state index contributed by atoms with van der Waals surface area (Å²) in [6, 6.07) is 15.7. The van der Waals surface area contributed by atoms with Crippen LogP contribution in [0.4, 0.5) is 5.00 Å². The Morgan fingerprint density at radius 1 is 1.06 bits per heavy atom. The first-order chi connectivity index (χ1) is 15.4. The number of ether oxygens (including phenoxy) is 1. The highest BCUT2D eigenvalue weighted by molar-refractivity contribution is 7.17. The second-order valence-corrected chi connectivity index (χ2v) is 9.41. The molecule has 5 nitrogen and oxygen atoms in total. The number of benzene rings is 2. The second-order valence-electron chi connectivity index (χ2n) is 8.30. The average molecular weight is 449 g/mol. The Morgan fingerprint density at radius 2 is 1.78 bits per heavy atom. The van der Waals surface area contributed by atoms with Crippen LogP contribution < -0.4 is 15.4 Å². The fourth-order valence-electron chi connectivity index (χ4n) is 4.07. The van der Waals surface area contributed by atoms with Gasteiger partial charge < -0.3 is 15.4 Å². The van der Waals surface area contributed by atoms with E-state index in [1.165, 1.54) is 16.2 Å². The summed E-state index contributed by atoms with van der Waals surface area (Å²) in [5.41, 5.74) is 4.87. The second kappa shape index (κ2) is 9.57. The Kier molecular flexibility index (Phi) is 6.61. The third-order valence-electron chi connectivity index (χ3n) is 5.56.